The highest BCUT2D eigenvalue weighted by Gasteiger charge is 1.92. The lowest BCUT2D eigenvalue weighted by atomic mass is 10.3. The van der Waals surface area contributed by atoms with Gasteiger partial charge in [0.1, 0.15) is 17.3 Å². The van der Waals surface area contributed by atoms with Gasteiger partial charge in [0.05, 0.1) is 0 Å². The molecule has 0 fully saturated rings. The van der Waals surface area contributed by atoms with Crippen LogP contribution in [0.25, 0.3) is 0 Å². The number of ketones is 1. The molecule has 0 aliphatic carbocycles. The molecule has 0 saturated carbocycles. The molecule has 0 N–H and O–H groups in total. The Hall–Kier alpha value is -2.09. The molecule has 2 heteroatoms. The van der Waals surface area contributed by atoms with Crippen LogP contribution in [-0.4, -0.2) is 5.78 Å². The maximum atomic E-state index is 9.44. The molecule has 0 unspecified atom stereocenters. The summed E-state index contributed by atoms with van der Waals surface area (Å²) in [5, 5.41) is 0. The van der Waals surface area contributed by atoms with Crippen molar-refractivity contribution in [1.82, 2.24) is 0 Å². The predicted molar refractivity (Wildman–Crippen MR) is 69.3 cm³/mol. The van der Waals surface area contributed by atoms with Gasteiger partial charge in [-0.05, 0) is 38.1 Å². The molecule has 0 radical (unpaired) electrons. The van der Waals surface area contributed by atoms with Crippen molar-refractivity contribution in [2.45, 2.75) is 13.8 Å². The zero-order chi connectivity index (χ0) is 12.5. The predicted octanol–water partition coefficient (Wildman–Crippen LogP) is 4.07. The first-order valence-electron chi connectivity index (χ1n) is 5.43. The lowest BCUT2D eigenvalue weighted by Gasteiger charge is -2.03. The first-order valence-corrected chi connectivity index (χ1v) is 5.43. The van der Waals surface area contributed by atoms with Crippen molar-refractivity contribution >= 4 is 5.78 Å². The van der Waals surface area contributed by atoms with Gasteiger partial charge < -0.3 is 9.53 Å². The molecular formula is C15H16O2. The molecule has 2 nitrogen and oxygen atoms in total. The van der Waals surface area contributed by atoms with Crippen molar-refractivity contribution in [2.75, 3.05) is 0 Å². The number of carbonyl (C=O) groups is 1. The van der Waals surface area contributed by atoms with Crippen LogP contribution < -0.4 is 4.74 Å². The van der Waals surface area contributed by atoms with Crippen molar-refractivity contribution in [1.29, 1.82) is 0 Å². The summed E-state index contributed by atoms with van der Waals surface area (Å²) in [5.41, 5.74) is 0. The highest BCUT2D eigenvalue weighted by molar-refractivity contribution is 5.72. The molecule has 0 atom stereocenters. The van der Waals surface area contributed by atoms with E-state index in [0.29, 0.717) is 0 Å². The van der Waals surface area contributed by atoms with Crippen LogP contribution in [0.2, 0.25) is 0 Å². The standard InChI is InChI=1S/C12H10O.C3H6O/c1-3-7-11(8-4-1)13-12-9-5-2-6-10-12;1-3(2)4/h1-10H;1-2H3. The molecular weight excluding hydrogens is 212 g/mol. The number of hydrogen-bond donors (Lipinski definition) is 0. The van der Waals surface area contributed by atoms with Crippen LogP contribution in [0.4, 0.5) is 0 Å². The smallest absolute Gasteiger partial charge is 0.127 e. The van der Waals surface area contributed by atoms with Crippen molar-refractivity contribution in [2.24, 2.45) is 0 Å². The first kappa shape index (κ1) is 13.0. The van der Waals surface area contributed by atoms with Crippen LogP contribution >= 0.6 is 0 Å². The van der Waals surface area contributed by atoms with E-state index in [1.54, 1.807) is 0 Å². The van der Waals surface area contributed by atoms with E-state index in [1.807, 2.05) is 60.7 Å². The van der Waals surface area contributed by atoms with E-state index in [-0.39, 0.29) is 5.78 Å². The van der Waals surface area contributed by atoms with Gasteiger partial charge in [-0.2, -0.15) is 0 Å². The molecule has 17 heavy (non-hydrogen) atoms. The average molecular weight is 228 g/mol. The van der Waals surface area contributed by atoms with Crippen molar-refractivity contribution < 1.29 is 9.53 Å². The normalized spacial score (nSPS) is 8.82. The summed E-state index contributed by atoms with van der Waals surface area (Å²) in [6, 6.07) is 19.5. The molecule has 0 aliphatic heterocycles. The minimum absolute atomic E-state index is 0.167. The lowest BCUT2D eigenvalue weighted by Crippen LogP contribution is -1.81. The van der Waals surface area contributed by atoms with Crippen LogP contribution in [-0.2, 0) is 4.79 Å². The molecule has 0 saturated heterocycles. The monoisotopic (exact) mass is 228 g/mol. The Morgan fingerprint density at radius 3 is 1.35 bits per heavy atom. The van der Waals surface area contributed by atoms with Crippen LogP contribution in [0, 0.1) is 0 Å². The number of hydrogen-bond acceptors (Lipinski definition) is 2. The van der Waals surface area contributed by atoms with Gasteiger partial charge in [0.25, 0.3) is 0 Å². The van der Waals surface area contributed by atoms with Crippen LogP contribution in [0.5, 0.6) is 11.5 Å². The minimum atomic E-state index is 0.167. The molecule has 2 aromatic carbocycles. The highest BCUT2D eigenvalue weighted by Crippen LogP contribution is 2.19. The maximum Gasteiger partial charge on any atom is 0.127 e. The summed E-state index contributed by atoms with van der Waals surface area (Å²) in [5.74, 6) is 1.91. The van der Waals surface area contributed by atoms with Gasteiger partial charge in [-0.15, -0.1) is 0 Å². The van der Waals surface area contributed by atoms with E-state index in [1.165, 1.54) is 13.8 Å². The van der Waals surface area contributed by atoms with E-state index in [2.05, 4.69) is 0 Å². The Labute approximate surface area is 102 Å². The summed E-state index contributed by atoms with van der Waals surface area (Å²) in [7, 11) is 0. The number of carbonyl (C=O) groups excluding carboxylic acids is 1. The molecule has 0 spiro atoms. The SMILES string of the molecule is CC(C)=O.c1ccc(Oc2ccccc2)cc1. The third-order valence-electron chi connectivity index (χ3n) is 1.72. The van der Waals surface area contributed by atoms with Gasteiger partial charge in [-0.25, -0.2) is 0 Å². The van der Waals surface area contributed by atoms with E-state index < -0.39 is 0 Å². The summed E-state index contributed by atoms with van der Waals surface area (Å²) in [4.78, 5) is 9.44. The second-order valence-corrected chi connectivity index (χ2v) is 3.64. The van der Waals surface area contributed by atoms with E-state index in [4.69, 9.17) is 4.74 Å². The zero-order valence-corrected chi connectivity index (χ0v) is 10.1. The number of para-hydroxylation sites is 2. The van der Waals surface area contributed by atoms with E-state index >= 15 is 0 Å². The van der Waals surface area contributed by atoms with Crippen LogP contribution in [0.3, 0.4) is 0 Å². The molecule has 88 valence electrons. The molecule has 2 aromatic rings. The second kappa shape index (κ2) is 7.23. The third kappa shape index (κ3) is 6.15. The van der Waals surface area contributed by atoms with Crippen molar-refractivity contribution in [3.8, 4) is 11.5 Å². The topological polar surface area (TPSA) is 26.3 Å². The highest BCUT2D eigenvalue weighted by atomic mass is 16.5. The van der Waals surface area contributed by atoms with Gasteiger partial charge >= 0.3 is 0 Å². The molecule has 2 rings (SSSR count). The van der Waals surface area contributed by atoms with Gasteiger partial charge in [-0.3, -0.25) is 0 Å². The number of benzene rings is 2. The fourth-order valence-corrected chi connectivity index (χ4v) is 1.11. The Morgan fingerprint density at radius 1 is 0.765 bits per heavy atom. The average Bonchev–Trinajstić information content (AvgIpc) is 2.31. The minimum Gasteiger partial charge on any atom is -0.457 e. The lowest BCUT2D eigenvalue weighted by molar-refractivity contribution is -0.114. The van der Waals surface area contributed by atoms with Gasteiger partial charge in [0.15, 0.2) is 0 Å². The summed E-state index contributed by atoms with van der Waals surface area (Å²) in [6.45, 7) is 3.06. The maximum absolute atomic E-state index is 9.44. The van der Waals surface area contributed by atoms with Crippen LogP contribution in [0.15, 0.2) is 60.7 Å². The van der Waals surface area contributed by atoms with E-state index in [0.717, 1.165) is 11.5 Å². The molecule has 0 aliphatic rings. The first-order chi connectivity index (χ1) is 8.18. The van der Waals surface area contributed by atoms with E-state index in [9.17, 15) is 4.79 Å². The van der Waals surface area contributed by atoms with Gasteiger partial charge in [-0.1, -0.05) is 36.4 Å². The van der Waals surface area contributed by atoms with Gasteiger partial charge in [0.2, 0.25) is 0 Å². The number of rotatable bonds is 2. The molecule has 0 amide bonds. The molecule has 0 bridgehead atoms. The summed E-state index contributed by atoms with van der Waals surface area (Å²) >= 11 is 0. The van der Waals surface area contributed by atoms with Crippen LogP contribution in [0.1, 0.15) is 13.8 Å². The Kier molecular flexibility index (Phi) is 5.52. The summed E-state index contributed by atoms with van der Waals surface area (Å²) in [6.07, 6.45) is 0. The fraction of sp³-hybridized carbons (Fsp3) is 0.133. The largest absolute Gasteiger partial charge is 0.457 e. The number of Topliss-reactive ketones (excluding diaryl/α,β-unsaturated/α-hetero) is 1. The quantitative estimate of drug-likeness (QED) is 0.774. The zero-order valence-electron chi connectivity index (χ0n) is 10.1. The Bertz CT molecular complexity index is 393. The summed E-state index contributed by atoms with van der Waals surface area (Å²) < 4.78 is 5.58. The fourth-order valence-electron chi connectivity index (χ4n) is 1.11. The van der Waals surface area contributed by atoms with Crippen molar-refractivity contribution in [3.63, 3.8) is 0 Å². The van der Waals surface area contributed by atoms with Crippen molar-refractivity contribution in [3.05, 3.63) is 60.7 Å². The third-order valence-corrected chi connectivity index (χ3v) is 1.72. The Morgan fingerprint density at radius 2 is 1.06 bits per heavy atom. The van der Waals surface area contributed by atoms with Gasteiger partial charge in [0, 0.05) is 0 Å². The second-order valence-electron chi connectivity index (χ2n) is 3.64. The Balaban J connectivity index is 0.000000317. The molecule has 0 aromatic heterocycles. The number of ether oxygens (including phenoxy) is 1. The molecule has 0 heterocycles.